The van der Waals surface area contributed by atoms with Gasteiger partial charge >= 0.3 is 5.97 Å². The Morgan fingerprint density at radius 1 is 1.47 bits per heavy atom. The normalized spacial score (nSPS) is 14.3. The first kappa shape index (κ1) is 13.9. The number of hydrogen-bond donors (Lipinski definition) is 1. The highest BCUT2D eigenvalue weighted by atomic mass is 32.1. The van der Waals surface area contributed by atoms with Gasteiger partial charge < -0.3 is 15.4 Å². The molecule has 1 fully saturated rings. The van der Waals surface area contributed by atoms with Crippen LogP contribution in [0.25, 0.3) is 0 Å². The first-order chi connectivity index (χ1) is 9.01. The highest BCUT2D eigenvalue weighted by Gasteiger charge is 2.35. The van der Waals surface area contributed by atoms with Gasteiger partial charge in [-0.2, -0.15) is 0 Å². The number of hydrogen-bond acceptors (Lipinski definition) is 6. The van der Waals surface area contributed by atoms with E-state index in [0.29, 0.717) is 15.4 Å². The number of methoxy groups -OCH3 is 1. The van der Waals surface area contributed by atoms with Crippen molar-refractivity contribution in [1.29, 1.82) is 0 Å². The number of rotatable bonds is 5. The van der Waals surface area contributed by atoms with Crippen LogP contribution in [0.15, 0.2) is 0 Å². The highest BCUT2D eigenvalue weighted by Crippen LogP contribution is 2.43. The van der Waals surface area contributed by atoms with Crippen LogP contribution in [0.2, 0.25) is 0 Å². The number of Topliss-reactive ketones (excluding diaryl/α,β-unsaturated/α-hetero) is 1. The number of carbonyl (C=O) groups excluding carboxylic acids is 2. The zero-order valence-electron chi connectivity index (χ0n) is 11.4. The van der Waals surface area contributed by atoms with Crippen LogP contribution in [-0.4, -0.2) is 32.5 Å². The largest absolute Gasteiger partial charge is 0.465 e. The Morgan fingerprint density at radius 2 is 2.11 bits per heavy atom. The van der Waals surface area contributed by atoms with Gasteiger partial charge in [0, 0.05) is 19.5 Å². The van der Waals surface area contributed by atoms with E-state index in [0.717, 1.165) is 19.4 Å². The van der Waals surface area contributed by atoms with Gasteiger partial charge in [-0.25, -0.2) is 4.79 Å². The fraction of sp³-hybridized carbons (Fsp3) is 0.538. The topological polar surface area (TPSA) is 72.6 Å². The fourth-order valence-electron chi connectivity index (χ4n) is 1.86. The average Bonchev–Trinajstić information content (AvgIpc) is 3.20. The van der Waals surface area contributed by atoms with E-state index in [9.17, 15) is 9.59 Å². The summed E-state index contributed by atoms with van der Waals surface area (Å²) in [5.74, 6) is -0.339. The number of nitrogen functional groups attached to an aromatic ring is 1. The summed E-state index contributed by atoms with van der Waals surface area (Å²) in [5.41, 5.74) is 6.59. The van der Waals surface area contributed by atoms with Crippen LogP contribution in [0.3, 0.4) is 0 Å². The summed E-state index contributed by atoms with van der Waals surface area (Å²) >= 11 is 1.29. The van der Waals surface area contributed by atoms with Crippen molar-refractivity contribution in [2.45, 2.75) is 19.8 Å². The van der Waals surface area contributed by atoms with Crippen LogP contribution in [0, 0.1) is 5.92 Å². The van der Waals surface area contributed by atoms with Crippen molar-refractivity contribution in [3.8, 4) is 0 Å². The zero-order valence-corrected chi connectivity index (χ0v) is 12.2. The second-order valence-electron chi connectivity index (χ2n) is 4.67. The van der Waals surface area contributed by atoms with Gasteiger partial charge in [-0.3, -0.25) is 4.79 Å². The van der Waals surface area contributed by atoms with E-state index in [2.05, 4.69) is 0 Å². The van der Waals surface area contributed by atoms with E-state index in [1.165, 1.54) is 18.4 Å². The molecule has 1 aliphatic carbocycles. The Morgan fingerprint density at radius 3 is 2.58 bits per heavy atom. The lowest BCUT2D eigenvalue weighted by Gasteiger charge is -2.15. The van der Waals surface area contributed by atoms with Gasteiger partial charge in [0.15, 0.2) is 5.78 Å². The predicted octanol–water partition coefficient (Wildman–Crippen LogP) is 2.17. The quantitative estimate of drug-likeness (QED) is 0.662. The fourth-order valence-corrected chi connectivity index (χ4v) is 3.11. The van der Waals surface area contributed by atoms with Crippen LogP contribution in [0.5, 0.6) is 0 Å². The van der Waals surface area contributed by atoms with Crippen molar-refractivity contribution in [3.63, 3.8) is 0 Å². The Hall–Kier alpha value is -1.56. The Labute approximate surface area is 116 Å². The molecule has 1 aromatic heterocycles. The summed E-state index contributed by atoms with van der Waals surface area (Å²) in [6.45, 7) is 2.69. The third kappa shape index (κ3) is 2.45. The first-order valence-electron chi connectivity index (χ1n) is 6.27. The van der Waals surface area contributed by atoms with Gasteiger partial charge in [0.25, 0.3) is 0 Å². The van der Waals surface area contributed by atoms with E-state index in [4.69, 9.17) is 10.5 Å². The number of thiophene rings is 1. The molecule has 1 aliphatic rings. The molecular formula is C13H18N2O3S. The minimum atomic E-state index is -0.487. The summed E-state index contributed by atoms with van der Waals surface area (Å²) in [6, 6.07) is 0. The van der Waals surface area contributed by atoms with E-state index >= 15 is 0 Å². The Kier molecular flexibility index (Phi) is 3.80. The second-order valence-corrected chi connectivity index (χ2v) is 5.67. The number of esters is 1. The molecule has 0 amide bonds. The van der Waals surface area contributed by atoms with Crippen LogP contribution in [0.1, 0.15) is 39.8 Å². The van der Waals surface area contributed by atoms with Crippen molar-refractivity contribution >= 4 is 33.8 Å². The Balaban J connectivity index is 2.49. The molecule has 0 atom stereocenters. The van der Waals surface area contributed by atoms with Crippen molar-refractivity contribution in [1.82, 2.24) is 0 Å². The summed E-state index contributed by atoms with van der Waals surface area (Å²) in [4.78, 5) is 26.4. The molecule has 0 aliphatic heterocycles. The van der Waals surface area contributed by atoms with Gasteiger partial charge in [0.1, 0.15) is 10.6 Å². The lowest BCUT2D eigenvalue weighted by Crippen LogP contribution is -2.18. The maximum Gasteiger partial charge on any atom is 0.343 e. The lowest BCUT2D eigenvalue weighted by atomic mass is 10.1. The third-order valence-electron chi connectivity index (χ3n) is 3.31. The monoisotopic (exact) mass is 282 g/mol. The van der Waals surface area contributed by atoms with Crippen LogP contribution < -0.4 is 10.6 Å². The van der Waals surface area contributed by atoms with Crippen molar-refractivity contribution < 1.29 is 14.3 Å². The van der Waals surface area contributed by atoms with Crippen LogP contribution in [0.4, 0.5) is 10.7 Å². The molecule has 6 heteroatoms. The molecule has 5 nitrogen and oxygen atoms in total. The second kappa shape index (κ2) is 5.21. The predicted molar refractivity (Wildman–Crippen MR) is 76.1 cm³/mol. The maximum atomic E-state index is 12.2. The molecule has 0 radical (unpaired) electrons. The highest BCUT2D eigenvalue weighted by molar-refractivity contribution is 7.19. The van der Waals surface area contributed by atoms with Crippen molar-refractivity contribution in [2.75, 3.05) is 31.3 Å². The molecule has 0 spiro atoms. The SMILES string of the molecule is CCN(C)c1sc(C(=O)C2CC2)c(N)c1C(=O)OC. The third-order valence-corrected chi connectivity index (χ3v) is 4.64. The minimum Gasteiger partial charge on any atom is -0.465 e. The van der Waals surface area contributed by atoms with E-state index < -0.39 is 5.97 Å². The molecule has 1 heterocycles. The molecule has 104 valence electrons. The maximum absolute atomic E-state index is 12.2. The summed E-state index contributed by atoms with van der Waals surface area (Å²) in [5, 5.41) is 0.704. The van der Waals surface area contributed by atoms with Gasteiger partial charge in [0.2, 0.25) is 0 Å². The molecule has 2 N–H and O–H groups in total. The smallest absolute Gasteiger partial charge is 0.343 e. The molecule has 19 heavy (non-hydrogen) atoms. The minimum absolute atomic E-state index is 0.0587. The average molecular weight is 282 g/mol. The standard InChI is InChI=1S/C13H18N2O3S/c1-4-15(2)12-8(13(17)18-3)9(14)11(19-12)10(16)7-5-6-7/h7H,4-6,14H2,1-3H3. The van der Waals surface area contributed by atoms with Crippen molar-refractivity contribution in [2.24, 2.45) is 5.92 Å². The zero-order chi connectivity index (χ0) is 14.2. The number of nitrogens with two attached hydrogens (primary N) is 1. The molecule has 0 bridgehead atoms. The van der Waals surface area contributed by atoms with Gasteiger partial charge in [-0.15, -0.1) is 11.3 Å². The number of carbonyl (C=O) groups is 2. The molecule has 0 unspecified atom stereocenters. The first-order valence-corrected chi connectivity index (χ1v) is 7.08. The Bertz CT molecular complexity index is 520. The van der Waals surface area contributed by atoms with E-state index in [1.807, 2.05) is 18.9 Å². The molecule has 1 aromatic rings. The number of anilines is 2. The molecular weight excluding hydrogens is 264 g/mol. The van der Waals surface area contributed by atoms with Crippen LogP contribution >= 0.6 is 11.3 Å². The van der Waals surface area contributed by atoms with E-state index in [-0.39, 0.29) is 17.4 Å². The number of ether oxygens (including phenoxy) is 1. The molecule has 0 aromatic carbocycles. The van der Waals surface area contributed by atoms with Gasteiger partial charge in [-0.05, 0) is 19.8 Å². The number of nitrogens with zero attached hydrogens (tertiary/aromatic N) is 1. The van der Waals surface area contributed by atoms with Crippen LogP contribution in [-0.2, 0) is 4.74 Å². The van der Waals surface area contributed by atoms with Gasteiger partial charge in [-0.1, -0.05) is 0 Å². The van der Waals surface area contributed by atoms with Gasteiger partial charge in [0.05, 0.1) is 17.7 Å². The molecule has 2 rings (SSSR count). The summed E-state index contributed by atoms with van der Waals surface area (Å²) < 4.78 is 4.77. The van der Waals surface area contributed by atoms with Crippen molar-refractivity contribution in [3.05, 3.63) is 10.4 Å². The lowest BCUT2D eigenvalue weighted by molar-refractivity contribution is 0.0603. The van der Waals surface area contributed by atoms with E-state index in [1.54, 1.807) is 0 Å². The molecule has 1 saturated carbocycles. The number of ketones is 1. The summed E-state index contributed by atoms with van der Waals surface area (Å²) in [6.07, 6.45) is 1.84. The summed E-state index contributed by atoms with van der Waals surface area (Å²) in [7, 11) is 3.18. The molecule has 0 saturated heterocycles.